The Morgan fingerprint density at radius 1 is 1.42 bits per heavy atom. The lowest BCUT2D eigenvalue weighted by Gasteiger charge is -2.37. The molecule has 1 saturated carbocycles. The summed E-state index contributed by atoms with van der Waals surface area (Å²) >= 11 is 1.62. The van der Waals surface area contributed by atoms with Gasteiger partial charge >= 0.3 is 6.09 Å². The molecule has 1 aliphatic carbocycles. The number of nitrogens with one attached hydrogen (secondary N) is 1. The Kier molecular flexibility index (Phi) is 5.71. The molecule has 6 nitrogen and oxygen atoms in total. The van der Waals surface area contributed by atoms with Gasteiger partial charge in [0.25, 0.3) is 0 Å². The second kappa shape index (κ2) is 7.09. The van der Waals surface area contributed by atoms with E-state index in [1.807, 2.05) is 0 Å². The number of hydrogen-bond donors (Lipinski definition) is 2. The predicted octanol–water partition coefficient (Wildman–Crippen LogP) is 4.21. The van der Waals surface area contributed by atoms with Crippen LogP contribution < -0.4 is 5.32 Å². The highest BCUT2D eigenvalue weighted by atomic mass is 32.1. The van der Waals surface area contributed by atoms with Crippen LogP contribution in [0.4, 0.5) is 4.79 Å². The molecule has 1 fully saturated rings. The van der Waals surface area contributed by atoms with E-state index in [9.17, 15) is 4.79 Å². The Balaban J connectivity index is 1.86. The van der Waals surface area contributed by atoms with E-state index in [4.69, 9.17) is 9.53 Å². The van der Waals surface area contributed by atoms with Gasteiger partial charge in [-0.2, -0.15) is 0 Å². The largest absolute Gasteiger partial charge is 0.465 e. The predicted molar refractivity (Wildman–Crippen MR) is 98.0 cm³/mol. The zero-order valence-electron chi connectivity index (χ0n) is 15.4. The summed E-state index contributed by atoms with van der Waals surface area (Å²) in [6.45, 7) is 13.2. The summed E-state index contributed by atoms with van der Waals surface area (Å²) in [5.41, 5.74) is 0. The van der Waals surface area contributed by atoms with Crippen LogP contribution in [0.3, 0.4) is 0 Å². The van der Waals surface area contributed by atoms with Gasteiger partial charge in [0.2, 0.25) is 0 Å². The Labute approximate surface area is 149 Å². The van der Waals surface area contributed by atoms with Gasteiger partial charge in [0.1, 0.15) is 10.0 Å². The molecule has 0 unspecified atom stereocenters. The van der Waals surface area contributed by atoms with E-state index in [1.54, 1.807) is 11.3 Å². The molecule has 0 radical (unpaired) electrons. The second-order valence-electron chi connectivity index (χ2n) is 8.24. The Morgan fingerprint density at radius 3 is 2.58 bits per heavy atom. The number of carboxylic acid groups (broad SMARTS) is 1. The van der Waals surface area contributed by atoms with E-state index >= 15 is 0 Å². The normalized spacial score (nSPS) is 22.8. The third-order valence-electron chi connectivity index (χ3n) is 5.13. The quantitative estimate of drug-likeness (QED) is 0.732. The Bertz CT molecular complexity index is 579. The lowest BCUT2D eigenvalue weighted by molar-refractivity contribution is 0.166. The summed E-state index contributed by atoms with van der Waals surface area (Å²) < 4.78 is 6.38. The molecule has 8 heteroatoms. The van der Waals surface area contributed by atoms with Crippen LogP contribution in [0, 0.1) is 5.92 Å². The summed E-state index contributed by atoms with van der Waals surface area (Å²) in [5, 5.41) is 22.0. The van der Waals surface area contributed by atoms with E-state index in [-0.39, 0.29) is 17.2 Å². The molecule has 24 heavy (non-hydrogen) atoms. The van der Waals surface area contributed by atoms with Gasteiger partial charge in [-0.05, 0) is 43.8 Å². The molecule has 136 valence electrons. The summed E-state index contributed by atoms with van der Waals surface area (Å²) in [7, 11) is -1.82. The van der Waals surface area contributed by atoms with Crippen LogP contribution in [0.5, 0.6) is 0 Å². The van der Waals surface area contributed by atoms with Crippen LogP contribution in [0.15, 0.2) is 0 Å². The molecule has 0 bridgehead atoms. The highest BCUT2D eigenvalue weighted by Gasteiger charge is 2.39. The van der Waals surface area contributed by atoms with Crippen molar-refractivity contribution in [2.45, 2.75) is 77.2 Å². The average Bonchev–Trinajstić information content (AvgIpc) is 2.82. The number of rotatable bonds is 6. The fraction of sp³-hybridized carbons (Fsp3) is 0.812. The average molecular weight is 372 g/mol. The lowest BCUT2D eigenvalue weighted by atomic mass is 9.78. The molecular weight excluding hydrogens is 342 g/mol. The molecule has 0 spiro atoms. The fourth-order valence-corrected chi connectivity index (χ4v) is 5.00. The van der Waals surface area contributed by atoms with Crippen molar-refractivity contribution in [1.29, 1.82) is 0 Å². The molecule has 1 aromatic rings. The molecule has 1 heterocycles. The van der Waals surface area contributed by atoms with Crippen LogP contribution in [0.25, 0.3) is 0 Å². The van der Waals surface area contributed by atoms with Crippen LogP contribution in [0.2, 0.25) is 18.1 Å². The van der Waals surface area contributed by atoms with Gasteiger partial charge in [-0.3, -0.25) is 0 Å². The maximum absolute atomic E-state index is 10.6. The van der Waals surface area contributed by atoms with Gasteiger partial charge in [-0.1, -0.05) is 32.1 Å². The van der Waals surface area contributed by atoms with E-state index in [0.29, 0.717) is 5.92 Å². The minimum Gasteiger partial charge on any atom is -0.465 e. The first-order chi connectivity index (χ1) is 11.0. The van der Waals surface area contributed by atoms with Crippen molar-refractivity contribution in [3.8, 4) is 0 Å². The van der Waals surface area contributed by atoms with Crippen LogP contribution in [0.1, 0.15) is 56.7 Å². The van der Waals surface area contributed by atoms with E-state index < -0.39 is 14.4 Å². The fourth-order valence-electron chi connectivity index (χ4n) is 2.62. The summed E-state index contributed by atoms with van der Waals surface area (Å²) in [6.07, 6.45) is 1.68. The monoisotopic (exact) mass is 371 g/mol. The zero-order valence-corrected chi connectivity index (χ0v) is 17.2. The summed E-state index contributed by atoms with van der Waals surface area (Å²) in [6, 6.07) is 0.0979. The molecule has 1 atom stereocenters. The Hall–Kier alpha value is -0.993. The topological polar surface area (TPSA) is 84.3 Å². The van der Waals surface area contributed by atoms with Gasteiger partial charge in [0, 0.05) is 12.5 Å². The number of carbonyl (C=O) groups is 1. The first-order valence-electron chi connectivity index (χ1n) is 8.47. The minimum atomic E-state index is -1.82. The summed E-state index contributed by atoms with van der Waals surface area (Å²) in [4.78, 5) is 10.6. The van der Waals surface area contributed by atoms with E-state index in [0.717, 1.165) is 29.3 Å². The maximum Gasteiger partial charge on any atom is 0.404 e. The molecule has 1 aliphatic rings. The second-order valence-corrected chi connectivity index (χ2v) is 14.1. The van der Waals surface area contributed by atoms with Crippen molar-refractivity contribution in [1.82, 2.24) is 15.5 Å². The first-order valence-corrected chi connectivity index (χ1v) is 12.2. The van der Waals surface area contributed by atoms with Crippen molar-refractivity contribution in [3.05, 3.63) is 10.0 Å². The first kappa shape index (κ1) is 19.3. The molecule has 1 amide bonds. The highest BCUT2D eigenvalue weighted by Crippen LogP contribution is 2.40. The Morgan fingerprint density at radius 2 is 2.04 bits per heavy atom. The lowest BCUT2D eigenvalue weighted by Crippen LogP contribution is -2.44. The number of amides is 1. The van der Waals surface area contributed by atoms with Crippen molar-refractivity contribution in [3.63, 3.8) is 0 Å². The van der Waals surface area contributed by atoms with Gasteiger partial charge in [-0.25, -0.2) is 4.79 Å². The number of nitrogens with zero attached hydrogens (tertiary/aromatic N) is 2. The van der Waals surface area contributed by atoms with Crippen LogP contribution in [-0.2, 0) is 10.8 Å². The smallest absolute Gasteiger partial charge is 0.404 e. The number of hydrogen-bond acceptors (Lipinski definition) is 5. The van der Waals surface area contributed by atoms with Gasteiger partial charge in [0.05, 0.1) is 6.10 Å². The van der Waals surface area contributed by atoms with Crippen LogP contribution >= 0.6 is 11.3 Å². The number of aromatic nitrogens is 2. The molecule has 2 N–H and O–H groups in total. The molecule has 0 aliphatic heterocycles. The molecule has 2 rings (SSSR count). The van der Waals surface area contributed by atoms with Crippen LogP contribution in [-0.4, -0.2) is 35.8 Å². The molecule has 0 aromatic carbocycles. The third-order valence-corrected chi connectivity index (χ3v) is 10.8. The van der Waals surface area contributed by atoms with Gasteiger partial charge in [0.15, 0.2) is 8.32 Å². The molecule has 1 aromatic heterocycles. The highest BCUT2D eigenvalue weighted by molar-refractivity contribution is 7.11. The van der Waals surface area contributed by atoms with E-state index in [2.05, 4.69) is 56.3 Å². The SMILES string of the molecule is C[C@@H](O[Si](C)(C)C(C)(C)C)c1nnc(CC2CC(NC(=O)O)C2)s1. The van der Waals surface area contributed by atoms with E-state index in [1.165, 1.54) is 0 Å². The zero-order chi connectivity index (χ0) is 18.1. The van der Waals surface area contributed by atoms with Crippen molar-refractivity contribution < 1.29 is 14.3 Å². The third kappa shape index (κ3) is 4.77. The van der Waals surface area contributed by atoms with Gasteiger partial charge < -0.3 is 14.8 Å². The molecule has 0 saturated heterocycles. The van der Waals surface area contributed by atoms with Gasteiger partial charge in [-0.15, -0.1) is 10.2 Å². The standard InChI is InChI=1S/C16H29N3O3SSi/c1-10(22-24(5,6)16(2,3)4)14-19-18-13(23-14)9-11-7-12(8-11)17-15(20)21/h10-12,17H,7-9H2,1-6H3,(H,20,21)/t10-,11?,12?/m1/s1. The summed E-state index contributed by atoms with van der Waals surface area (Å²) in [5.74, 6) is 0.499. The van der Waals surface area contributed by atoms with Crippen molar-refractivity contribution in [2.24, 2.45) is 5.92 Å². The van der Waals surface area contributed by atoms with Crippen molar-refractivity contribution >= 4 is 25.7 Å². The van der Waals surface area contributed by atoms with Crippen molar-refractivity contribution in [2.75, 3.05) is 0 Å². The minimum absolute atomic E-state index is 0.0278. The maximum atomic E-state index is 10.6. The molecular formula is C16H29N3O3SSi.